The Balaban J connectivity index is 2.26. The van der Waals surface area contributed by atoms with Crippen molar-refractivity contribution in [1.82, 2.24) is 0 Å². The normalized spacial score (nSPS) is 19.2. The van der Waals surface area contributed by atoms with Crippen LogP contribution in [-0.4, -0.2) is 16.9 Å². The maximum Gasteiger partial charge on any atom is 0.0589 e. The second kappa shape index (κ2) is 3.52. The summed E-state index contributed by atoms with van der Waals surface area (Å²) < 4.78 is 0. The lowest BCUT2D eigenvalue weighted by Crippen LogP contribution is -2.10. The van der Waals surface area contributed by atoms with Gasteiger partial charge in [-0.15, -0.1) is 0 Å². The van der Waals surface area contributed by atoms with Gasteiger partial charge in [0.2, 0.25) is 0 Å². The fourth-order valence-corrected chi connectivity index (χ4v) is 0.952. The van der Waals surface area contributed by atoms with Crippen LogP contribution < -0.4 is 0 Å². The summed E-state index contributed by atoms with van der Waals surface area (Å²) in [6.07, 6.45) is 6.10. The van der Waals surface area contributed by atoms with Gasteiger partial charge >= 0.3 is 0 Å². The molecule has 1 rings (SSSR count). The molecule has 56 valence electrons. The molecule has 0 radical (unpaired) electrons. The Bertz CT molecular complexity index is 161. The van der Waals surface area contributed by atoms with E-state index < -0.39 is 0 Å². The average Bonchev–Trinajstić information content (AvgIpc) is 2.40. The van der Waals surface area contributed by atoms with Crippen LogP contribution >= 0.6 is 0 Å². The van der Waals surface area contributed by atoms with Crippen LogP contribution in [-0.2, 0) is 0 Å². The minimum absolute atomic E-state index is 0.196. The molecule has 0 aromatic heterocycles. The molecule has 0 amide bonds. The summed E-state index contributed by atoms with van der Waals surface area (Å²) >= 11 is 0. The highest BCUT2D eigenvalue weighted by molar-refractivity contribution is 5.88. The molecule has 1 heterocycles. The predicted molar refractivity (Wildman–Crippen MR) is 42.1 cm³/mol. The largest absolute Gasteiger partial charge is 0.393 e. The average molecular weight is 139 g/mol. The van der Waals surface area contributed by atoms with Gasteiger partial charge < -0.3 is 5.11 Å². The maximum absolute atomic E-state index is 9.21. The van der Waals surface area contributed by atoms with Crippen LogP contribution in [0, 0.1) is 0 Å². The summed E-state index contributed by atoms with van der Waals surface area (Å²) in [4.78, 5) is 4.10. The van der Waals surface area contributed by atoms with Crippen LogP contribution in [0.4, 0.5) is 0 Å². The molecule has 0 aromatic carbocycles. The summed E-state index contributed by atoms with van der Waals surface area (Å²) in [5.41, 5.74) is 1.11. The summed E-state index contributed by atoms with van der Waals surface area (Å²) in [5.74, 6) is 0. The van der Waals surface area contributed by atoms with Crippen molar-refractivity contribution in [3.8, 4) is 0 Å². The lowest BCUT2D eigenvalue weighted by atomic mass is 10.1. The van der Waals surface area contributed by atoms with Crippen molar-refractivity contribution < 1.29 is 5.11 Å². The molecule has 0 saturated heterocycles. The van der Waals surface area contributed by atoms with Crippen molar-refractivity contribution in [2.24, 2.45) is 4.99 Å². The first kappa shape index (κ1) is 7.48. The first-order valence-electron chi connectivity index (χ1n) is 3.71. The van der Waals surface area contributed by atoms with Crippen LogP contribution in [0.5, 0.6) is 0 Å². The molecule has 0 aromatic rings. The molecule has 10 heavy (non-hydrogen) atoms. The van der Waals surface area contributed by atoms with E-state index in [9.17, 15) is 5.11 Å². The molecule has 1 aliphatic rings. The monoisotopic (exact) mass is 139 g/mol. The zero-order chi connectivity index (χ0) is 7.40. The van der Waals surface area contributed by atoms with E-state index in [-0.39, 0.29) is 6.10 Å². The molecule has 1 aliphatic heterocycles. The van der Waals surface area contributed by atoms with Gasteiger partial charge in [0.05, 0.1) is 6.10 Å². The Labute approximate surface area is 61.3 Å². The van der Waals surface area contributed by atoms with Gasteiger partial charge in [0.25, 0.3) is 0 Å². The van der Waals surface area contributed by atoms with E-state index in [4.69, 9.17) is 0 Å². The molecule has 2 heteroatoms. The van der Waals surface area contributed by atoms with Gasteiger partial charge in [0.1, 0.15) is 0 Å². The first-order chi connectivity index (χ1) is 4.83. The van der Waals surface area contributed by atoms with Crippen molar-refractivity contribution in [3.05, 3.63) is 12.3 Å². The molecule has 0 aliphatic carbocycles. The van der Waals surface area contributed by atoms with Gasteiger partial charge in [-0.1, -0.05) is 13.0 Å². The highest BCUT2D eigenvalue weighted by Gasteiger charge is 2.06. The number of rotatable bonds is 3. The van der Waals surface area contributed by atoms with Crippen molar-refractivity contribution in [2.45, 2.75) is 32.3 Å². The zero-order valence-electron chi connectivity index (χ0n) is 6.25. The molecule has 1 atom stereocenters. The number of aliphatic hydroxyl groups is 1. The quantitative estimate of drug-likeness (QED) is 0.631. The number of nitrogens with zero attached hydrogens (tertiary/aromatic N) is 1. The highest BCUT2D eigenvalue weighted by atomic mass is 16.3. The smallest absolute Gasteiger partial charge is 0.0589 e. The van der Waals surface area contributed by atoms with E-state index in [1.807, 2.05) is 13.0 Å². The van der Waals surface area contributed by atoms with Crippen LogP contribution in [0.25, 0.3) is 0 Å². The fourth-order valence-electron chi connectivity index (χ4n) is 0.952. The van der Waals surface area contributed by atoms with Crippen LogP contribution in [0.3, 0.4) is 0 Å². The van der Waals surface area contributed by atoms with Crippen molar-refractivity contribution in [3.63, 3.8) is 0 Å². The number of hydrogen-bond donors (Lipinski definition) is 1. The van der Waals surface area contributed by atoms with E-state index in [1.54, 1.807) is 6.20 Å². The minimum Gasteiger partial charge on any atom is -0.393 e. The Kier molecular flexibility index (Phi) is 2.63. The Morgan fingerprint density at radius 3 is 3.10 bits per heavy atom. The molecule has 0 bridgehead atoms. The third-order valence-corrected chi connectivity index (χ3v) is 1.66. The van der Waals surface area contributed by atoms with E-state index in [1.165, 1.54) is 0 Å². The van der Waals surface area contributed by atoms with Gasteiger partial charge in [0, 0.05) is 24.8 Å². The third kappa shape index (κ3) is 1.95. The van der Waals surface area contributed by atoms with Gasteiger partial charge in [-0.05, 0) is 6.42 Å². The van der Waals surface area contributed by atoms with Gasteiger partial charge in [-0.25, -0.2) is 0 Å². The Morgan fingerprint density at radius 1 is 1.80 bits per heavy atom. The van der Waals surface area contributed by atoms with Crippen molar-refractivity contribution in [2.75, 3.05) is 0 Å². The Hall–Kier alpha value is -0.630. The third-order valence-electron chi connectivity index (χ3n) is 1.66. The molecule has 2 nitrogen and oxygen atoms in total. The lowest BCUT2D eigenvalue weighted by molar-refractivity contribution is 0.178. The number of allylic oxidation sites excluding steroid dienone is 1. The summed E-state index contributed by atoms with van der Waals surface area (Å²) in [5, 5.41) is 9.21. The summed E-state index contributed by atoms with van der Waals surface area (Å²) in [7, 11) is 0. The molecule has 1 unspecified atom stereocenters. The Morgan fingerprint density at radius 2 is 2.60 bits per heavy atom. The van der Waals surface area contributed by atoms with E-state index in [0.717, 1.165) is 25.0 Å². The summed E-state index contributed by atoms with van der Waals surface area (Å²) in [6, 6.07) is 0. The van der Waals surface area contributed by atoms with Gasteiger partial charge in [-0.3, -0.25) is 4.99 Å². The number of aliphatic imine (C=N–C) groups is 1. The van der Waals surface area contributed by atoms with Crippen molar-refractivity contribution >= 4 is 5.71 Å². The molecule has 1 N–H and O–H groups in total. The molecule has 0 saturated carbocycles. The topological polar surface area (TPSA) is 32.6 Å². The second-order valence-electron chi connectivity index (χ2n) is 2.55. The second-order valence-corrected chi connectivity index (χ2v) is 2.55. The standard InChI is InChI=1S/C8H13NO/c1-2-8(10)6-7-4-3-5-9-7/h3,5,8,10H,2,4,6H2,1H3. The van der Waals surface area contributed by atoms with Crippen LogP contribution in [0.2, 0.25) is 0 Å². The number of aliphatic hydroxyl groups excluding tert-OH is 1. The summed E-state index contributed by atoms with van der Waals surface area (Å²) in [6.45, 7) is 1.98. The van der Waals surface area contributed by atoms with Crippen LogP contribution in [0.15, 0.2) is 17.3 Å². The van der Waals surface area contributed by atoms with Gasteiger partial charge in [-0.2, -0.15) is 0 Å². The van der Waals surface area contributed by atoms with E-state index in [2.05, 4.69) is 4.99 Å². The van der Waals surface area contributed by atoms with E-state index in [0.29, 0.717) is 0 Å². The number of hydrogen-bond acceptors (Lipinski definition) is 2. The van der Waals surface area contributed by atoms with E-state index >= 15 is 0 Å². The maximum atomic E-state index is 9.21. The highest BCUT2D eigenvalue weighted by Crippen LogP contribution is 2.07. The molecular formula is C8H13NO. The predicted octanol–water partition coefficient (Wildman–Crippen LogP) is 1.51. The zero-order valence-corrected chi connectivity index (χ0v) is 6.25. The molecule has 0 fully saturated rings. The van der Waals surface area contributed by atoms with Crippen LogP contribution in [0.1, 0.15) is 26.2 Å². The first-order valence-corrected chi connectivity index (χ1v) is 3.71. The fraction of sp³-hybridized carbons (Fsp3) is 0.625. The minimum atomic E-state index is -0.196. The molecule has 0 spiro atoms. The van der Waals surface area contributed by atoms with Crippen molar-refractivity contribution in [1.29, 1.82) is 0 Å². The van der Waals surface area contributed by atoms with Gasteiger partial charge in [0.15, 0.2) is 0 Å². The SMILES string of the molecule is CCC(O)CC1=NC=CC1. The lowest BCUT2D eigenvalue weighted by Gasteiger charge is -2.05. The molecular weight excluding hydrogens is 126 g/mol.